The Morgan fingerprint density at radius 2 is 2.00 bits per heavy atom. The topological polar surface area (TPSA) is 79.6 Å². The smallest absolute Gasteiger partial charge is 0.406 e. The zero-order chi connectivity index (χ0) is 19.7. The molecule has 0 atom stereocenters. The van der Waals surface area contributed by atoms with Crippen LogP contribution in [0.5, 0.6) is 5.75 Å². The summed E-state index contributed by atoms with van der Waals surface area (Å²) in [7, 11) is 1.70. The Morgan fingerprint density at radius 1 is 1.30 bits per heavy atom. The zero-order valence-electron chi connectivity index (χ0n) is 14.5. The van der Waals surface area contributed by atoms with Crippen LogP contribution >= 0.6 is 0 Å². The second-order valence-corrected chi connectivity index (χ2v) is 6.36. The van der Waals surface area contributed by atoms with Crippen molar-refractivity contribution in [1.29, 1.82) is 0 Å². The van der Waals surface area contributed by atoms with Crippen molar-refractivity contribution in [3.8, 4) is 5.75 Å². The number of alkyl halides is 3. The number of halogens is 3. The summed E-state index contributed by atoms with van der Waals surface area (Å²) >= 11 is 0. The van der Waals surface area contributed by atoms with E-state index in [2.05, 4.69) is 15.2 Å². The fourth-order valence-electron chi connectivity index (χ4n) is 3.04. The maximum absolute atomic E-state index is 12.4. The highest BCUT2D eigenvalue weighted by atomic mass is 19.4. The highest BCUT2D eigenvalue weighted by molar-refractivity contribution is 5.88. The number of aliphatic hydroxyl groups is 1. The van der Waals surface area contributed by atoms with Crippen molar-refractivity contribution in [2.24, 2.45) is 7.05 Å². The molecule has 2 amide bonds. The minimum atomic E-state index is -4.80. The van der Waals surface area contributed by atoms with E-state index >= 15 is 0 Å². The number of amides is 2. The first-order valence-electron chi connectivity index (χ1n) is 8.29. The summed E-state index contributed by atoms with van der Waals surface area (Å²) in [6, 6.07) is 6.64. The molecule has 2 heterocycles. The molecule has 1 aliphatic rings. The van der Waals surface area contributed by atoms with Gasteiger partial charge in [-0.3, -0.25) is 10.00 Å². The van der Waals surface area contributed by atoms with Gasteiger partial charge in [0.2, 0.25) is 0 Å². The van der Waals surface area contributed by atoms with Crippen LogP contribution in [-0.4, -0.2) is 45.3 Å². The number of hydrogen-bond donors (Lipinski definition) is 2. The fourth-order valence-corrected chi connectivity index (χ4v) is 3.04. The van der Waals surface area contributed by atoms with Gasteiger partial charge in [-0.05, 0) is 30.5 Å². The van der Waals surface area contributed by atoms with Crippen LogP contribution in [0.4, 0.5) is 23.8 Å². The first-order valence-corrected chi connectivity index (χ1v) is 8.29. The van der Waals surface area contributed by atoms with Crippen LogP contribution in [0.25, 0.3) is 0 Å². The molecule has 0 bridgehead atoms. The second-order valence-electron chi connectivity index (χ2n) is 6.36. The van der Waals surface area contributed by atoms with E-state index in [1.807, 2.05) is 0 Å². The van der Waals surface area contributed by atoms with Gasteiger partial charge in [-0.2, -0.15) is 5.10 Å². The highest BCUT2D eigenvalue weighted by Gasteiger charge is 2.37. The van der Waals surface area contributed by atoms with Crippen molar-refractivity contribution in [1.82, 2.24) is 14.7 Å². The van der Waals surface area contributed by atoms with E-state index in [1.165, 1.54) is 27.8 Å². The van der Waals surface area contributed by atoms with Gasteiger partial charge >= 0.3 is 12.4 Å². The normalized spacial score (nSPS) is 16.9. The van der Waals surface area contributed by atoms with E-state index < -0.39 is 12.0 Å². The predicted octanol–water partition coefficient (Wildman–Crippen LogP) is 2.83. The number of nitrogens with zero attached hydrogens (tertiary/aromatic N) is 3. The van der Waals surface area contributed by atoms with Crippen molar-refractivity contribution < 1.29 is 27.8 Å². The number of hydrogen-bond acceptors (Lipinski definition) is 4. The molecule has 1 aromatic heterocycles. The van der Waals surface area contributed by atoms with Crippen LogP contribution in [0.2, 0.25) is 0 Å². The lowest BCUT2D eigenvalue weighted by Crippen LogP contribution is -2.46. The molecule has 146 valence electrons. The Balaban J connectivity index is 1.64. The van der Waals surface area contributed by atoms with Crippen LogP contribution in [0.15, 0.2) is 36.5 Å². The van der Waals surface area contributed by atoms with Crippen molar-refractivity contribution in [3.05, 3.63) is 42.1 Å². The number of carbonyl (C=O) groups is 1. The molecule has 0 aliphatic carbocycles. The fraction of sp³-hybridized carbons (Fsp3) is 0.412. The van der Waals surface area contributed by atoms with Gasteiger partial charge in [0.25, 0.3) is 0 Å². The molecule has 0 unspecified atom stereocenters. The Kier molecular flexibility index (Phi) is 5.01. The predicted molar refractivity (Wildman–Crippen MR) is 90.1 cm³/mol. The Labute approximate surface area is 153 Å². The maximum Gasteiger partial charge on any atom is 0.573 e. The van der Waals surface area contributed by atoms with Gasteiger partial charge in [-0.1, -0.05) is 12.1 Å². The monoisotopic (exact) mass is 384 g/mol. The van der Waals surface area contributed by atoms with E-state index in [0.717, 1.165) is 0 Å². The third-order valence-corrected chi connectivity index (χ3v) is 4.54. The van der Waals surface area contributed by atoms with E-state index in [0.29, 0.717) is 11.4 Å². The zero-order valence-corrected chi connectivity index (χ0v) is 14.5. The minimum Gasteiger partial charge on any atom is -0.406 e. The van der Waals surface area contributed by atoms with Crippen LogP contribution in [0.3, 0.4) is 0 Å². The molecule has 0 saturated carbocycles. The SMILES string of the molecule is Cn1nccc1NC(=O)N1CCC(O)(c2cccc(OC(F)(F)F)c2)CC1. The molecular formula is C17H19F3N4O3. The standard InChI is InChI=1S/C17H19F3N4O3/c1-23-14(5-8-21-23)22-15(25)24-9-6-16(26,7-10-24)12-3-2-4-13(11-12)27-17(18,19)20/h2-5,8,11,26H,6-7,9-10H2,1H3,(H,22,25). The molecule has 1 aliphatic heterocycles. The summed E-state index contributed by atoms with van der Waals surface area (Å²) in [6.07, 6.45) is -2.85. The Morgan fingerprint density at radius 3 is 2.59 bits per heavy atom. The van der Waals surface area contributed by atoms with Crippen molar-refractivity contribution in [2.45, 2.75) is 24.8 Å². The molecular weight excluding hydrogens is 365 g/mol. The molecule has 0 spiro atoms. The number of likely N-dealkylation sites (tertiary alicyclic amines) is 1. The lowest BCUT2D eigenvalue weighted by atomic mass is 9.84. The number of piperidine rings is 1. The molecule has 1 fully saturated rings. The molecule has 1 aromatic carbocycles. The van der Waals surface area contributed by atoms with E-state index in [4.69, 9.17) is 0 Å². The van der Waals surface area contributed by atoms with E-state index in [9.17, 15) is 23.1 Å². The number of ether oxygens (including phenoxy) is 1. The van der Waals surface area contributed by atoms with Gasteiger partial charge in [-0.15, -0.1) is 13.2 Å². The number of aryl methyl sites for hydroxylation is 1. The van der Waals surface area contributed by atoms with Gasteiger partial charge in [0.1, 0.15) is 11.6 Å². The van der Waals surface area contributed by atoms with Gasteiger partial charge in [0.05, 0.1) is 11.8 Å². The van der Waals surface area contributed by atoms with Gasteiger partial charge < -0.3 is 14.7 Å². The molecule has 27 heavy (non-hydrogen) atoms. The lowest BCUT2D eigenvalue weighted by Gasteiger charge is -2.38. The molecule has 0 radical (unpaired) electrons. The first kappa shape index (κ1) is 19.0. The summed E-state index contributed by atoms with van der Waals surface area (Å²) in [6.45, 7) is 0.509. The van der Waals surface area contributed by atoms with Crippen LogP contribution in [0.1, 0.15) is 18.4 Å². The summed E-state index contributed by atoms with van der Waals surface area (Å²) in [4.78, 5) is 13.9. The number of rotatable bonds is 3. The molecule has 2 aromatic rings. The number of aromatic nitrogens is 2. The summed E-state index contributed by atoms with van der Waals surface area (Å²) in [5.74, 6) is 0.155. The molecule has 3 rings (SSSR count). The van der Waals surface area contributed by atoms with Gasteiger partial charge in [0, 0.05) is 26.2 Å². The summed E-state index contributed by atoms with van der Waals surface area (Å²) in [5, 5.41) is 17.5. The number of nitrogens with one attached hydrogen (secondary N) is 1. The van der Waals surface area contributed by atoms with Crippen molar-refractivity contribution >= 4 is 11.8 Å². The largest absolute Gasteiger partial charge is 0.573 e. The van der Waals surface area contributed by atoms with E-state index in [1.54, 1.807) is 25.4 Å². The quantitative estimate of drug-likeness (QED) is 0.853. The Hall–Kier alpha value is -2.75. The number of anilines is 1. The molecule has 10 heteroatoms. The molecule has 2 N–H and O–H groups in total. The number of benzene rings is 1. The summed E-state index contributed by atoms with van der Waals surface area (Å²) < 4.78 is 42.6. The first-order chi connectivity index (χ1) is 12.7. The second kappa shape index (κ2) is 7.10. The van der Waals surface area contributed by atoms with Crippen LogP contribution < -0.4 is 10.1 Å². The molecule has 1 saturated heterocycles. The molecule has 7 nitrogen and oxygen atoms in total. The van der Waals surface area contributed by atoms with E-state index in [-0.39, 0.29) is 37.7 Å². The van der Waals surface area contributed by atoms with Gasteiger partial charge in [0.15, 0.2) is 0 Å². The van der Waals surface area contributed by atoms with Crippen LogP contribution in [-0.2, 0) is 12.6 Å². The number of carbonyl (C=O) groups excluding carboxylic acids is 1. The third kappa shape index (κ3) is 4.51. The third-order valence-electron chi connectivity index (χ3n) is 4.54. The van der Waals surface area contributed by atoms with Crippen LogP contribution in [0, 0.1) is 0 Å². The van der Waals surface area contributed by atoms with Gasteiger partial charge in [-0.25, -0.2) is 4.79 Å². The average Bonchev–Trinajstić information content (AvgIpc) is 2.99. The minimum absolute atomic E-state index is 0.196. The Bertz CT molecular complexity index is 814. The number of urea groups is 1. The maximum atomic E-state index is 12.4. The highest BCUT2D eigenvalue weighted by Crippen LogP contribution is 2.35. The average molecular weight is 384 g/mol. The summed E-state index contributed by atoms with van der Waals surface area (Å²) in [5.41, 5.74) is -0.996. The van der Waals surface area contributed by atoms with Crippen molar-refractivity contribution in [3.63, 3.8) is 0 Å². The lowest BCUT2D eigenvalue weighted by molar-refractivity contribution is -0.274. The van der Waals surface area contributed by atoms with Crippen molar-refractivity contribution in [2.75, 3.05) is 18.4 Å².